The highest BCUT2D eigenvalue weighted by atomic mass is 32.2. The van der Waals surface area contributed by atoms with Crippen molar-refractivity contribution in [2.75, 3.05) is 10.5 Å². The second-order valence-corrected chi connectivity index (χ2v) is 5.76. The van der Waals surface area contributed by atoms with Crippen molar-refractivity contribution in [3.05, 3.63) is 42.2 Å². The van der Waals surface area contributed by atoms with Crippen molar-refractivity contribution in [3.63, 3.8) is 0 Å². The van der Waals surface area contributed by atoms with Crippen molar-refractivity contribution >= 4 is 21.4 Å². The first-order chi connectivity index (χ1) is 8.88. The second-order valence-electron chi connectivity index (χ2n) is 4.08. The molecule has 0 saturated heterocycles. The van der Waals surface area contributed by atoms with Gasteiger partial charge in [0, 0.05) is 6.20 Å². The van der Waals surface area contributed by atoms with E-state index < -0.39 is 10.0 Å². The minimum atomic E-state index is -3.75. The average Bonchev–Trinajstić information content (AvgIpc) is 2.32. The van der Waals surface area contributed by atoms with Gasteiger partial charge in [-0.25, -0.2) is 8.42 Å². The summed E-state index contributed by atoms with van der Waals surface area (Å²) < 4.78 is 26.6. The van der Waals surface area contributed by atoms with Crippen LogP contribution < -0.4 is 10.5 Å². The number of nitrogens with one attached hydrogen (secondary N) is 1. The van der Waals surface area contributed by atoms with Crippen LogP contribution in [0.2, 0.25) is 0 Å². The first-order valence-electron chi connectivity index (χ1n) is 5.41. The Morgan fingerprint density at radius 2 is 2.00 bits per heavy atom. The molecule has 7 heteroatoms. The fourth-order valence-electron chi connectivity index (χ4n) is 1.52. The highest BCUT2D eigenvalue weighted by Crippen LogP contribution is 2.24. The lowest BCUT2D eigenvalue weighted by molar-refractivity contribution is 0.477. The van der Waals surface area contributed by atoms with Crippen LogP contribution in [0.15, 0.2) is 41.6 Å². The average molecular weight is 279 g/mol. The lowest BCUT2D eigenvalue weighted by Crippen LogP contribution is -2.13. The van der Waals surface area contributed by atoms with E-state index in [1.54, 1.807) is 12.3 Å². The number of hydrogen-bond donors (Lipinski definition) is 3. The number of nitrogens with two attached hydrogens (primary N) is 1. The third kappa shape index (κ3) is 2.94. The van der Waals surface area contributed by atoms with Gasteiger partial charge in [0.2, 0.25) is 0 Å². The number of anilines is 2. The molecule has 0 radical (unpaired) electrons. The van der Waals surface area contributed by atoms with Gasteiger partial charge < -0.3 is 10.8 Å². The Morgan fingerprint density at radius 3 is 2.63 bits per heavy atom. The molecule has 0 atom stereocenters. The minimum absolute atomic E-state index is 0.00485. The molecule has 19 heavy (non-hydrogen) atoms. The molecule has 2 rings (SSSR count). The quantitative estimate of drug-likeness (QED) is 0.583. The molecule has 0 saturated carbocycles. The monoisotopic (exact) mass is 279 g/mol. The molecule has 1 aromatic heterocycles. The summed E-state index contributed by atoms with van der Waals surface area (Å²) >= 11 is 0. The number of aryl methyl sites for hydroxylation is 1. The Hall–Kier alpha value is -2.28. The van der Waals surface area contributed by atoms with E-state index in [0.29, 0.717) is 5.69 Å². The van der Waals surface area contributed by atoms with E-state index in [1.807, 2.05) is 6.92 Å². The Morgan fingerprint density at radius 1 is 1.26 bits per heavy atom. The number of aromatic nitrogens is 1. The number of phenols is 1. The summed E-state index contributed by atoms with van der Waals surface area (Å²) in [5, 5.41) is 9.29. The van der Waals surface area contributed by atoms with Crippen LogP contribution in [0.5, 0.6) is 5.75 Å². The van der Waals surface area contributed by atoms with Gasteiger partial charge in [0.05, 0.1) is 22.5 Å². The highest BCUT2D eigenvalue weighted by molar-refractivity contribution is 7.92. The zero-order chi connectivity index (χ0) is 14.0. The molecular formula is C12H13N3O3S. The number of rotatable bonds is 3. The van der Waals surface area contributed by atoms with Gasteiger partial charge in [0.15, 0.2) is 0 Å². The van der Waals surface area contributed by atoms with Gasteiger partial charge in [-0.15, -0.1) is 0 Å². The molecule has 4 N–H and O–H groups in total. The van der Waals surface area contributed by atoms with Crippen molar-refractivity contribution in [3.8, 4) is 5.75 Å². The molecule has 2 aromatic rings. The van der Waals surface area contributed by atoms with Gasteiger partial charge >= 0.3 is 0 Å². The predicted octanol–water partition coefficient (Wildman–Crippen LogP) is 1.48. The highest BCUT2D eigenvalue weighted by Gasteiger charge is 2.15. The maximum absolute atomic E-state index is 12.1. The smallest absolute Gasteiger partial charge is 0.262 e. The molecule has 0 aliphatic heterocycles. The van der Waals surface area contributed by atoms with Crippen LogP contribution in [0.4, 0.5) is 11.4 Å². The molecule has 0 bridgehead atoms. The summed E-state index contributed by atoms with van der Waals surface area (Å²) in [5.41, 5.74) is 6.69. The first kappa shape index (κ1) is 13.2. The van der Waals surface area contributed by atoms with Crippen molar-refractivity contribution in [1.82, 2.24) is 4.98 Å². The van der Waals surface area contributed by atoms with E-state index in [-0.39, 0.29) is 16.3 Å². The van der Waals surface area contributed by atoms with E-state index in [4.69, 9.17) is 5.73 Å². The third-order valence-electron chi connectivity index (χ3n) is 2.44. The van der Waals surface area contributed by atoms with E-state index in [2.05, 4.69) is 9.71 Å². The number of nitrogens with zero attached hydrogens (tertiary/aromatic N) is 1. The van der Waals surface area contributed by atoms with Crippen LogP contribution in [0.1, 0.15) is 5.56 Å². The molecule has 1 aromatic carbocycles. The van der Waals surface area contributed by atoms with E-state index in [9.17, 15) is 13.5 Å². The zero-order valence-corrected chi connectivity index (χ0v) is 11.0. The van der Waals surface area contributed by atoms with E-state index in [0.717, 1.165) is 5.56 Å². The largest absolute Gasteiger partial charge is 0.506 e. The maximum atomic E-state index is 12.1. The molecule has 0 unspecified atom stereocenters. The fraction of sp³-hybridized carbons (Fsp3) is 0.0833. The number of sulfonamides is 1. The molecule has 0 aliphatic carbocycles. The molecular weight excluding hydrogens is 266 g/mol. The zero-order valence-electron chi connectivity index (χ0n) is 10.2. The van der Waals surface area contributed by atoms with Gasteiger partial charge in [-0.3, -0.25) is 9.71 Å². The standard InChI is InChI=1S/C12H13N3O3S/c1-8-4-9(7-14-6-8)15-19(17,18)10-2-3-12(16)11(13)5-10/h2-7,15-16H,13H2,1H3. The van der Waals surface area contributed by atoms with E-state index in [1.165, 1.54) is 24.4 Å². The molecule has 100 valence electrons. The SMILES string of the molecule is Cc1cncc(NS(=O)(=O)c2ccc(O)c(N)c2)c1. The summed E-state index contributed by atoms with van der Waals surface area (Å²) in [7, 11) is -3.75. The van der Waals surface area contributed by atoms with Crippen LogP contribution >= 0.6 is 0 Å². The Labute approximate surface area is 111 Å². The summed E-state index contributed by atoms with van der Waals surface area (Å²) in [5.74, 6) is -0.156. The van der Waals surface area contributed by atoms with Crippen LogP contribution in [0, 0.1) is 6.92 Å². The van der Waals surface area contributed by atoms with Gasteiger partial charge in [-0.1, -0.05) is 0 Å². The van der Waals surface area contributed by atoms with Crippen LogP contribution in [-0.4, -0.2) is 18.5 Å². The summed E-state index contributed by atoms with van der Waals surface area (Å²) in [4.78, 5) is 3.88. The second kappa shape index (κ2) is 4.77. The summed E-state index contributed by atoms with van der Waals surface area (Å²) in [6.07, 6.45) is 3.03. The van der Waals surface area contributed by atoms with Crippen molar-refractivity contribution in [2.45, 2.75) is 11.8 Å². The molecule has 0 spiro atoms. The number of aromatic hydroxyl groups is 1. The van der Waals surface area contributed by atoms with Crippen molar-refractivity contribution in [1.29, 1.82) is 0 Å². The van der Waals surface area contributed by atoms with Gasteiger partial charge in [-0.05, 0) is 36.8 Å². The molecule has 6 nitrogen and oxygen atoms in total. The Balaban J connectivity index is 2.35. The third-order valence-corrected chi connectivity index (χ3v) is 3.82. The van der Waals surface area contributed by atoms with Crippen molar-refractivity contribution < 1.29 is 13.5 Å². The van der Waals surface area contributed by atoms with Crippen LogP contribution in [-0.2, 0) is 10.0 Å². The van der Waals surface area contributed by atoms with Crippen LogP contribution in [0.3, 0.4) is 0 Å². The normalized spacial score (nSPS) is 11.2. The number of phenolic OH excluding ortho intramolecular Hbond substituents is 1. The topological polar surface area (TPSA) is 105 Å². The van der Waals surface area contributed by atoms with Crippen LogP contribution in [0.25, 0.3) is 0 Å². The molecule has 0 amide bonds. The van der Waals surface area contributed by atoms with Gasteiger partial charge in [0.1, 0.15) is 5.75 Å². The fourth-order valence-corrected chi connectivity index (χ4v) is 2.59. The lowest BCUT2D eigenvalue weighted by atomic mass is 10.3. The summed E-state index contributed by atoms with van der Waals surface area (Å²) in [6, 6.07) is 5.37. The lowest BCUT2D eigenvalue weighted by Gasteiger charge is -2.09. The first-order valence-corrected chi connectivity index (χ1v) is 6.90. The molecule has 0 fully saturated rings. The van der Waals surface area contributed by atoms with Gasteiger partial charge in [0.25, 0.3) is 10.0 Å². The number of pyridine rings is 1. The maximum Gasteiger partial charge on any atom is 0.262 e. The molecule has 0 aliphatic rings. The number of nitrogen functional groups attached to an aromatic ring is 1. The van der Waals surface area contributed by atoms with Crippen molar-refractivity contribution in [2.24, 2.45) is 0 Å². The number of hydrogen-bond acceptors (Lipinski definition) is 5. The minimum Gasteiger partial charge on any atom is -0.506 e. The Bertz CT molecular complexity index is 714. The van der Waals surface area contributed by atoms with E-state index >= 15 is 0 Å². The summed E-state index contributed by atoms with van der Waals surface area (Å²) in [6.45, 7) is 1.81. The Kier molecular flexibility index (Phi) is 3.30. The van der Waals surface area contributed by atoms with Gasteiger partial charge in [-0.2, -0.15) is 0 Å². The predicted molar refractivity (Wildman–Crippen MR) is 72.3 cm³/mol. The molecule has 1 heterocycles. The number of benzene rings is 1.